The number of aromatic nitrogens is 2. The molecule has 2 aromatic rings. The minimum Gasteiger partial charge on any atom is -0.444 e. The quantitative estimate of drug-likeness (QED) is 0.841. The number of hydrogen-bond acceptors (Lipinski definition) is 6. The summed E-state index contributed by atoms with van der Waals surface area (Å²) in [6.45, 7) is 5.47. The summed E-state index contributed by atoms with van der Waals surface area (Å²) < 4.78 is 10.2. The lowest BCUT2D eigenvalue weighted by atomic mass is 10.2. The molecule has 7 heteroatoms. The van der Waals surface area contributed by atoms with Crippen molar-refractivity contribution in [1.29, 1.82) is 0 Å². The van der Waals surface area contributed by atoms with Crippen molar-refractivity contribution >= 4 is 11.8 Å². The first-order valence-corrected chi connectivity index (χ1v) is 6.49. The average Bonchev–Trinajstić information content (AvgIpc) is 2.83. The maximum atomic E-state index is 11.5. The van der Waals surface area contributed by atoms with Gasteiger partial charge in [0.2, 0.25) is 11.7 Å². The largest absolute Gasteiger partial charge is 0.444 e. The molecule has 0 aliphatic carbocycles. The molecular weight excluding hydrogens is 272 g/mol. The molecule has 0 atom stereocenters. The van der Waals surface area contributed by atoms with Crippen molar-refractivity contribution in [3.8, 4) is 11.4 Å². The zero-order chi connectivity index (χ0) is 15.5. The average molecular weight is 290 g/mol. The normalized spacial score (nSPS) is 11.2. The first-order chi connectivity index (χ1) is 9.83. The Labute approximate surface area is 122 Å². The number of anilines is 1. The summed E-state index contributed by atoms with van der Waals surface area (Å²) in [7, 11) is 0. The van der Waals surface area contributed by atoms with Crippen molar-refractivity contribution in [2.45, 2.75) is 32.9 Å². The molecule has 0 unspecified atom stereocenters. The summed E-state index contributed by atoms with van der Waals surface area (Å²) in [5, 5.41) is 6.40. The highest BCUT2D eigenvalue weighted by molar-refractivity contribution is 5.67. The van der Waals surface area contributed by atoms with Gasteiger partial charge in [-0.05, 0) is 32.9 Å². The summed E-state index contributed by atoms with van der Waals surface area (Å²) in [5.74, 6) is 0.710. The molecule has 1 amide bonds. The molecule has 112 valence electrons. The van der Waals surface area contributed by atoms with E-state index in [1.54, 1.807) is 39.0 Å². The summed E-state index contributed by atoms with van der Waals surface area (Å²) in [4.78, 5) is 15.7. The SMILES string of the molecule is CC(C)(C)OC(=O)NCc1nc(-c2cccc(N)c2)no1. The molecule has 2 rings (SSSR count). The van der Waals surface area contributed by atoms with Crippen LogP contribution in [0.2, 0.25) is 0 Å². The number of carbonyl (C=O) groups excluding carboxylic acids is 1. The molecule has 1 aromatic heterocycles. The van der Waals surface area contributed by atoms with Gasteiger partial charge in [0.05, 0.1) is 0 Å². The molecule has 0 radical (unpaired) electrons. The van der Waals surface area contributed by atoms with Crippen LogP contribution in [0.5, 0.6) is 0 Å². The number of nitrogens with two attached hydrogens (primary N) is 1. The number of amides is 1. The monoisotopic (exact) mass is 290 g/mol. The minimum atomic E-state index is -0.550. The number of nitrogens with zero attached hydrogens (tertiary/aromatic N) is 2. The summed E-state index contributed by atoms with van der Waals surface area (Å²) in [6, 6.07) is 7.15. The van der Waals surface area contributed by atoms with Crippen LogP contribution >= 0.6 is 0 Å². The predicted octanol–water partition coefficient (Wildman–Crippen LogP) is 2.34. The van der Waals surface area contributed by atoms with E-state index < -0.39 is 11.7 Å². The van der Waals surface area contributed by atoms with Crippen LogP contribution in [0.3, 0.4) is 0 Å². The molecule has 0 bridgehead atoms. The molecule has 0 spiro atoms. The third-order valence-corrected chi connectivity index (χ3v) is 2.40. The van der Waals surface area contributed by atoms with Crippen LogP contribution in [0.1, 0.15) is 26.7 Å². The molecule has 0 saturated heterocycles. The Morgan fingerprint density at radius 1 is 1.43 bits per heavy atom. The lowest BCUT2D eigenvalue weighted by Gasteiger charge is -2.19. The summed E-state index contributed by atoms with van der Waals surface area (Å²) >= 11 is 0. The fourth-order valence-electron chi connectivity index (χ4n) is 1.58. The van der Waals surface area contributed by atoms with E-state index in [4.69, 9.17) is 15.0 Å². The van der Waals surface area contributed by atoms with Crippen molar-refractivity contribution in [2.75, 3.05) is 5.73 Å². The number of ether oxygens (including phenoxy) is 1. The second-order valence-electron chi connectivity index (χ2n) is 5.49. The Hall–Kier alpha value is -2.57. The molecule has 1 aromatic carbocycles. The van der Waals surface area contributed by atoms with E-state index in [0.717, 1.165) is 5.56 Å². The zero-order valence-corrected chi connectivity index (χ0v) is 12.2. The van der Waals surface area contributed by atoms with E-state index in [-0.39, 0.29) is 6.54 Å². The fraction of sp³-hybridized carbons (Fsp3) is 0.357. The van der Waals surface area contributed by atoms with E-state index in [2.05, 4.69) is 15.5 Å². The Kier molecular flexibility index (Phi) is 4.11. The molecule has 7 nitrogen and oxygen atoms in total. The highest BCUT2D eigenvalue weighted by Crippen LogP contribution is 2.18. The number of rotatable bonds is 3. The third kappa shape index (κ3) is 4.48. The van der Waals surface area contributed by atoms with Gasteiger partial charge in [-0.25, -0.2) is 4.79 Å². The maximum absolute atomic E-state index is 11.5. The highest BCUT2D eigenvalue weighted by Gasteiger charge is 2.17. The van der Waals surface area contributed by atoms with Crippen LogP contribution < -0.4 is 11.1 Å². The van der Waals surface area contributed by atoms with Gasteiger partial charge in [0, 0.05) is 11.3 Å². The number of nitrogen functional groups attached to an aromatic ring is 1. The molecule has 1 heterocycles. The number of carbonyl (C=O) groups is 1. The van der Waals surface area contributed by atoms with Gasteiger partial charge in [-0.2, -0.15) is 4.98 Å². The van der Waals surface area contributed by atoms with Crippen LogP contribution in [0.15, 0.2) is 28.8 Å². The second kappa shape index (κ2) is 5.82. The Balaban J connectivity index is 1.96. The highest BCUT2D eigenvalue weighted by atomic mass is 16.6. The minimum absolute atomic E-state index is 0.101. The van der Waals surface area contributed by atoms with Crippen LogP contribution in [-0.2, 0) is 11.3 Å². The molecule has 21 heavy (non-hydrogen) atoms. The number of hydrogen-bond donors (Lipinski definition) is 2. The van der Waals surface area contributed by atoms with Gasteiger partial charge in [0.15, 0.2) is 0 Å². The standard InChI is InChI=1S/C14H18N4O3/c1-14(2,3)20-13(19)16-8-11-17-12(18-21-11)9-5-4-6-10(15)7-9/h4-7H,8,15H2,1-3H3,(H,16,19). The lowest BCUT2D eigenvalue weighted by molar-refractivity contribution is 0.0518. The van der Waals surface area contributed by atoms with Gasteiger partial charge < -0.3 is 20.3 Å². The smallest absolute Gasteiger partial charge is 0.408 e. The van der Waals surface area contributed by atoms with E-state index in [0.29, 0.717) is 17.4 Å². The Bertz CT molecular complexity index is 631. The maximum Gasteiger partial charge on any atom is 0.408 e. The van der Waals surface area contributed by atoms with Crippen molar-refractivity contribution in [1.82, 2.24) is 15.5 Å². The number of nitrogens with one attached hydrogen (secondary N) is 1. The van der Waals surface area contributed by atoms with Crippen molar-refractivity contribution < 1.29 is 14.1 Å². The van der Waals surface area contributed by atoms with Gasteiger partial charge in [0.1, 0.15) is 12.1 Å². The molecular formula is C14H18N4O3. The van der Waals surface area contributed by atoms with Gasteiger partial charge in [0.25, 0.3) is 0 Å². The van der Waals surface area contributed by atoms with Gasteiger partial charge in [-0.3, -0.25) is 0 Å². The first kappa shape index (κ1) is 14.8. The van der Waals surface area contributed by atoms with Crippen LogP contribution in [0.25, 0.3) is 11.4 Å². The van der Waals surface area contributed by atoms with Crippen LogP contribution in [-0.4, -0.2) is 21.8 Å². The predicted molar refractivity (Wildman–Crippen MR) is 77.2 cm³/mol. The topological polar surface area (TPSA) is 103 Å². The van der Waals surface area contributed by atoms with E-state index in [1.165, 1.54) is 0 Å². The van der Waals surface area contributed by atoms with Gasteiger partial charge in [-0.1, -0.05) is 17.3 Å². The summed E-state index contributed by atoms with van der Waals surface area (Å²) in [6.07, 6.45) is -0.536. The Morgan fingerprint density at radius 2 is 2.19 bits per heavy atom. The van der Waals surface area contributed by atoms with Crippen molar-refractivity contribution in [3.05, 3.63) is 30.2 Å². The van der Waals surface area contributed by atoms with Gasteiger partial charge >= 0.3 is 6.09 Å². The molecule has 3 N–H and O–H groups in total. The lowest BCUT2D eigenvalue weighted by Crippen LogP contribution is -2.32. The molecule has 0 fully saturated rings. The second-order valence-corrected chi connectivity index (χ2v) is 5.49. The van der Waals surface area contributed by atoms with E-state index in [1.807, 2.05) is 6.07 Å². The van der Waals surface area contributed by atoms with Crippen molar-refractivity contribution in [3.63, 3.8) is 0 Å². The van der Waals surface area contributed by atoms with E-state index >= 15 is 0 Å². The molecule has 0 saturated carbocycles. The Morgan fingerprint density at radius 3 is 2.86 bits per heavy atom. The fourth-order valence-corrected chi connectivity index (χ4v) is 1.58. The number of benzene rings is 1. The van der Waals surface area contributed by atoms with Crippen molar-refractivity contribution in [2.24, 2.45) is 0 Å². The third-order valence-electron chi connectivity index (χ3n) is 2.40. The zero-order valence-electron chi connectivity index (χ0n) is 12.2. The summed E-state index contributed by atoms with van der Waals surface area (Å²) in [5.41, 5.74) is 6.52. The number of alkyl carbamates (subject to hydrolysis) is 1. The first-order valence-electron chi connectivity index (χ1n) is 6.49. The van der Waals surface area contributed by atoms with E-state index in [9.17, 15) is 4.79 Å². The van der Waals surface area contributed by atoms with Crippen LogP contribution in [0, 0.1) is 0 Å². The van der Waals surface area contributed by atoms with Gasteiger partial charge in [-0.15, -0.1) is 0 Å². The molecule has 0 aliphatic heterocycles. The van der Waals surface area contributed by atoms with Crippen LogP contribution in [0.4, 0.5) is 10.5 Å². The molecule has 0 aliphatic rings.